The summed E-state index contributed by atoms with van der Waals surface area (Å²) in [7, 11) is -1.59. The van der Waals surface area contributed by atoms with Gasteiger partial charge in [0, 0.05) is 50.6 Å². The number of anilines is 1. The molecular formula is C13H20BrN3O3S. The van der Waals surface area contributed by atoms with Crippen molar-refractivity contribution < 1.29 is 13.2 Å². The summed E-state index contributed by atoms with van der Waals surface area (Å²) >= 11 is 3.40. The van der Waals surface area contributed by atoms with Gasteiger partial charge in [-0.2, -0.15) is 4.31 Å². The van der Waals surface area contributed by atoms with Gasteiger partial charge in [0.2, 0.25) is 10.0 Å². The van der Waals surface area contributed by atoms with Gasteiger partial charge in [-0.05, 0) is 28.4 Å². The Morgan fingerprint density at radius 3 is 2.62 bits per heavy atom. The Morgan fingerprint density at radius 1 is 1.29 bits per heavy atom. The number of halogens is 1. The quantitative estimate of drug-likeness (QED) is 0.699. The normalized spacial score (nSPS) is 17.1. The molecule has 1 aromatic heterocycles. The van der Waals surface area contributed by atoms with Crippen molar-refractivity contribution in [2.24, 2.45) is 0 Å². The lowest BCUT2D eigenvalue weighted by molar-refractivity contribution is 0.199. The minimum absolute atomic E-state index is 0.152. The number of pyridine rings is 1. The zero-order valence-corrected chi connectivity index (χ0v) is 14.4. The number of piperazine rings is 1. The van der Waals surface area contributed by atoms with E-state index in [1.807, 2.05) is 6.07 Å². The van der Waals surface area contributed by atoms with Crippen molar-refractivity contribution in [3.63, 3.8) is 0 Å². The number of sulfonamides is 1. The summed E-state index contributed by atoms with van der Waals surface area (Å²) in [5.41, 5.74) is 1.01. The van der Waals surface area contributed by atoms with E-state index in [1.165, 1.54) is 0 Å². The third-order valence-corrected chi connectivity index (χ3v) is 5.83. The molecular weight excluding hydrogens is 358 g/mol. The van der Waals surface area contributed by atoms with Gasteiger partial charge < -0.3 is 9.64 Å². The van der Waals surface area contributed by atoms with Crippen LogP contribution >= 0.6 is 15.9 Å². The summed E-state index contributed by atoms with van der Waals surface area (Å²) in [4.78, 5) is 6.29. The lowest BCUT2D eigenvalue weighted by Crippen LogP contribution is -2.49. The van der Waals surface area contributed by atoms with E-state index < -0.39 is 10.0 Å². The SMILES string of the molecule is COCCCS(=O)(=O)N1CCN(c2cncc(Br)c2)CC1. The highest BCUT2D eigenvalue weighted by Gasteiger charge is 2.26. The topological polar surface area (TPSA) is 62.7 Å². The van der Waals surface area contributed by atoms with Gasteiger partial charge in [0.25, 0.3) is 0 Å². The van der Waals surface area contributed by atoms with Crippen LogP contribution in [0.3, 0.4) is 0 Å². The highest BCUT2D eigenvalue weighted by molar-refractivity contribution is 9.10. The molecule has 1 aliphatic rings. The first kappa shape index (κ1) is 16.7. The molecule has 0 amide bonds. The van der Waals surface area contributed by atoms with Crippen LogP contribution in [-0.4, -0.2) is 63.4 Å². The van der Waals surface area contributed by atoms with Crippen LogP contribution in [0.25, 0.3) is 0 Å². The van der Waals surface area contributed by atoms with Gasteiger partial charge in [0.15, 0.2) is 0 Å². The molecule has 6 nitrogen and oxygen atoms in total. The molecule has 2 rings (SSSR count). The van der Waals surface area contributed by atoms with Crippen molar-refractivity contribution in [2.75, 3.05) is 50.5 Å². The number of hydrogen-bond acceptors (Lipinski definition) is 5. The summed E-state index contributed by atoms with van der Waals surface area (Å²) in [6.07, 6.45) is 4.07. The van der Waals surface area contributed by atoms with E-state index in [0.717, 1.165) is 10.2 Å². The molecule has 0 bridgehead atoms. The molecule has 1 saturated heterocycles. The fourth-order valence-corrected chi connectivity index (χ4v) is 4.13. The molecule has 0 saturated carbocycles. The third kappa shape index (κ3) is 4.64. The van der Waals surface area contributed by atoms with E-state index in [2.05, 4.69) is 25.8 Å². The van der Waals surface area contributed by atoms with Crippen molar-refractivity contribution in [3.05, 3.63) is 22.9 Å². The van der Waals surface area contributed by atoms with E-state index in [1.54, 1.807) is 23.8 Å². The van der Waals surface area contributed by atoms with E-state index in [4.69, 9.17) is 4.74 Å². The second kappa shape index (κ2) is 7.53. The zero-order chi connectivity index (χ0) is 15.3. The average Bonchev–Trinajstić information content (AvgIpc) is 2.47. The van der Waals surface area contributed by atoms with Crippen LogP contribution in [0.2, 0.25) is 0 Å². The fraction of sp³-hybridized carbons (Fsp3) is 0.615. The second-order valence-corrected chi connectivity index (χ2v) is 7.91. The molecule has 1 aromatic rings. The first-order chi connectivity index (χ1) is 10.0. The molecule has 2 heterocycles. The maximum absolute atomic E-state index is 12.2. The maximum atomic E-state index is 12.2. The number of rotatable bonds is 6. The Balaban J connectivity index is 1.91. The van der Waals surface area contributed by atoms with Gasteiger partial charge in [0.1, 0.15) is 0 Å². The minimum atomic E-state index is -3.17. The molecule has 1 aliphatic heterocycles. The van der Waals surface area contributed by atoms with Crippen molar-refractivity contribution in [1.82, 2.24) is 9.29 Å². The lowest BCUT2D eigenvalue weighted by Gasteiger charge is -2.35. The standard InChI is InChI=1S/C13H20BrN3O3S/c1-20-7-2-8-21(18,19)17-5-3-16(4-6-17)13-9-12(14)10-15-11-13/h9-11H,2-8H2,1H3. The highest BCUT2D eigenvalue weighted by Crippen LogP contribution is 2.20. The Labute approximate surface area is 134 Å². The summed E-state index contributed by atoms with van der Waals surface area (Å²) in [5.74, 6) is 0.152. The predicted octanol–water partition coefficient (Wildman–Crippen LogP) is 1.33. The molecule has 118 valence electrons. The van der Waals surface area contributed by atoms with Crippen molar-refractivity contribution >= 4 is 31.6 Å². The van der Waals surface area contributed by atoms with E-state index in [9.17, 15) is 8.42 Å². The third-order valence-electron chi connectivity index (χ3n) is 3.44. The van der Waals surface area contributed by atoms with Gasteiger partial charge in [-0.1, -0.05) is 0 Å². The molecule has 21 heavy (non-hydrogen) atoms. The van der Waals surface area contributed by atoms with Gasteiger partial charge in [-0.3, -0.25) is 4.98 Å². The van der Waals surface area contributed by atoms with Crippen LogP contribution in [0.5, 0.6) is 0 Å². The van der Waals surface area contributed by atoms with Gasteiger partial charge >= 0.3 is 0 Å². The zero-order valence-electron chi connectivity index (χ0n) is 12.0. The van der Waals surface area contributed by atoms with E-state index >= 15 is 0 Å². The van der Waals surface area contributed by atoms with Crippen molar-refractivity contribution in [3.8, 4) is 0 Å². The number of methoxy groups -OCH3 is 1. The molecule has 1 fully saturated rings. The minimum Gasteiger partial charge on any atom is -0.385 e. The molecule has 0 aromatic carbocycles. The van der Waals surface area contributed by atoms with Crippen LogP contribution in [0.15, 0.2) is 22.9 Å². The average molecular weight is 378 g/mol. The fourth-order valence-electron chi connectivity index (χ4n) is 2.31. The van der Waals surface area contributed by atoms with Gasteiger partial charge in [-0.15, -0.1) is 0 Å². The number of ether oxygens (including phenoxy) is 1. The van der Waals surface area contributed by atoms with Gasteiger partial charge in [-0.25, -0.2) is 8.42 Å². The lowest BCUT2D eigenvalue weighted by atomic mass is 10.3. The molecule has 0 aliphatic carbocycles. The first-order valence-corrected chi connectivity index (χ1v) is 9.25. The molecule has 0 atom stereocenters. The summed E-state index contributed by atoms with van der Waals surface area (Å²) in [6.45, 7) is 2.87. The number of nitrogens with zero attached hydrogens (tertiary/aromatic N) is 3. The van der Waals surface area contributed by atoms with Crippen LogP contribution in [0.1, 0.15) is 6.42 Å². The van der Waals surface area contributed by atoms with Crippen LogP contribution in [-0.2, 0) is 14.8 Å². The Morgan fingerprint density at radius 2 is 2.00 bits per heavy atom. The Bertz CT molecular complexity index is 560. The second-order valence-electron chi connectivity index (χ2n) is 4.91. The molecule has 0 unspecified atom stereocenters. The van der Waals surface area contributed by atoms with Crippen LogP contribution in [0.4, 0.5) is 5.69 Å². The largest absolute Gasteiger partial charge is 0.385 e. The number of hydrogen-bond donors (Lipinski definition) is 0. The molecule has 0 N–H and O–H groups in total. The smallest absolute Gasteiger partial charge is 0.214 e. The Kier molecular flexibility index (Phi) is 5.98. The monoisotopic (exact) mass is 377 g/mol. The Hall–Kier alpha value is -0.700. The molecule has 0 spiro atoms. The maximum Gasteiger partial charge on any atom is 0.214 e. The van der Waals surface area contributed by atoms with E-state index in [-0.39, 0.29) is 5.75 Å². The first-order valence-electron chi connectivity index (χ1n) is 6.85. The molecule has 8 heteroatoms. The highest BCUT2D eigenvalue weighted by atomic mass is 79.9. The van der Waals surface area contributed by atoms with Crippen molar-refractivity contribution in [1.29, 1.82) is 0 Å². The summed E-state index contributed by atoms with van der Waals surface area (Å²) in [5, 5.41) is 0. The van der Waals surface area contributed by atoms with Crippen LogP contribution < -0.4 is 4.90 Å². The summed E-state index contributed by atoms with van der Waals surface area (Å²) < 4.78 is 31.8. The van der Waals surface area contributed by atoms with Gasteiger partial charge in [0.05, 0.1) is 17.6 Å². The molecule has 0 radical (unpaired) electrons. The number of aromatic nitrogens is 1. The summed E-state index contributed by atoms with van der Waals surface area (Å²) in [6, 6.07) is 2.00. The van der Waals surface area contributed by atoms with E-state index in [0.29, 0.717) is 39.2 Å². The van der Waals surface area contributed by atoms with Crippen LogP contribution in [0, 0.1) is 0 Å². The van der Waals surface area contributed by atoms with Crippen molar-refractivity contribution in [2.45, 2.75) is 6.42 Å². The predicted molar refractivity (Wildman–Crippen MR) is 86.0 cm³/mol.